The summed E-state index contributed by atoms with van der Waals surface area (Å²) in [5.41, 5.74) is 2.80. The maximum Gasteiger partial charge on any atom is 0.316 e. The molecule has 0 aliphatic heterocycles. The largest absolute Gasteiger partial charge is 0.455 e. The molecule has 0 saturated heterocycles. The third-order valence-corrected chi connectivity index (χ3v) is 4.97. The van der Waals surface area contributed by atoms with Gasteiger partial charge in [-0.05, 0) is 37.6 Å². The van der Waals surface area contributed by atoms with Gasteiger partial charge in [0.15, 0.2) is 6.61 Å². The zero-order valence-electron chi connectivity index (χ0n) is 15.2. The fraction of sp³-hybridized carbons (Fsp3) is 0.211. The Kier molecular flexibility index (Phi) is 6.05. The van der Waals surface area contributed by atoms with Gasteiger partial charge in [-0.15, -0.1) is 22.0 Å². The van der Waals surface area contributed by atoms with Crippen LogP contribution < -0.4 is 0 Å². The topological polar surface area (TPSA) is 108 Å². The lowest BCUT2D eigenvalue weighted by molar-refractivity contribution is -0.384. The minimum absolute atomic E-state index is 0.0290. The molecule has 1 heterocycles. The minimum Gasteiger partial charge on any atom is -0.455 e. The van der Waals surface area contributed by atoms with Crippen LogP contribution in [-0.2, 0) is 16.1 Å². The van der Waals surface area contributed by atoms with Gasteiger partial charge in [0.05, 0.1) is 10.7 Å². The molecule has 0 atom stereocenters. The summed E-state index contributed by atoms with van der Waals surface area (Å²) in [6.07, 6.45) is 0. The summed E-state index contributed by atoms with van der Waals surface area (Å²) in [4.78, 5) is 23.2. The number of aromatic nitrogens is 2. The van der Waals surface area contributed by atoms with E-state index < -0.39 is 4.92 Å². The summed E-state index contributed by atoms with van der Waals surface area (Å²) in [7, 11) is 0. The number of nitro benzene ring substituents is 1. The zero-order chi connectivity index (χ0) is 20.1. The number of nitrogens with zero attached hydrogens (tertiary/aromatic N) is 3. The van der Waals surface area contributed by atoms with Crippen molar-refractivity contribution in [1.29, 1.82) is 0 Å². The molecule has 0 amide bonds. The van der Waals surface area contributed by atoms with Gasteiger partial charge in [-0.2, -0.15) is 0 Å². The lowest BCUT2D eigenvalue weighted by Gasteiger charge is -2.06. The van der Waals surface area contributed by atoms with E-state index in [1.165, 1.54) is 41.6 Å². The molecule has 1 aromatic heterocycles. The van der Waals surface area contributed by atoms with Crippen LogP contribution in [0.25, 0.3) is 11.5 Å². The van der Waals surface area contributed by atoms with Gasteiger partial charge in [0.2, 0.25) is 5.89 Å². The van der Waals surface area contributed by atoms with Crippen LogP contribution in [0.2, 0.25) is 0 Å². The number of carbonyl (C=O) groups excluding carboxylic acids is 1. The van der Waals surface area contributed by atoms with E-state index in [9.17, 15) is 14.9 Å². The second kappa shape index (κ2) is 8.66. The van der Waals surface area contributed by atoms with Crippen molar-refractivity contribution in [3.8, 4) is 11.5 Å². The van der Waals surface area contributed by atoms with Crippen LogP contribution in [0.4, 0.5) is 5.69 Å². The summed E-state index contributed by atoms with van der Waals surface area (Å²) in [5.74, 6) is 0.136. The first-order chi connectivity index (χ1) is 13.4. The van der Waals surface area contributed by atoms with E-state index in [0.29, 0.717) is 5.56 Å². The summed E-state index contributed by atoms with van der Waals surface area (Å²) in [6.45, 7) is 3.89. The van der Waals surface area contributed by atoms with Crippen molar-refractivity contribution in [2.75, 3.05) is 5.75 Å². The summed E-state index contributed by atoms with van der Waals surface area (Å²) in [5, 5.41) is 18.4. The van der Waals surface area contributed by atoms with E-state index in [1.54, 1.807) is 0 Å². The van der Waals surface area contributed by atoms with Gasteiger partial charge in [-0.3, -0.25) is 14.9 Å². The van der Waals surface area contributed by atoms with E-state index in [4.69, 9.17) is 9.15 Å². The predicted octanol–water partition coefficient (Wildman–Crippen LogP) is 4.10. The predicted molar refractivity (Wildman–Crippen MR) is 103 cm³/mol. The second-order valence-corrected chi connectivity index (χ2v) is 7.04. The molecule has 0 radical (unpaired) electrons. The van der Waals surface area contributed by atoms with E-state index in [1.807, 2.05) is 26.0 Å². The molecule has 0 saturated carbocycles. The van der Waals surface area contributed by atoms with Gasteiger partial charge >= 0.3 is 5.97 Å². The molecule has 0 fully saturated rings. The lowest BCUT2D eigenvalue weighted by atomic mass is 10.2. The van der Waals surface area contributed by atoms with Crippen LogP contribution in [0.1, 0.15) is 17.0 Å². The van der Waals surface area contributed by atoms with Crippen molar-refractivity contribution in [3.63, 3.8) is 0 Å². The van der Waals surface area contributed by atoms with Crippen molar-refractivity contribution < 1.29 is 18.9 Å². The van der Waals surface area contributed by atoms with Crippen LogP contribution >= 0.6 is 11.8 Å². The summed E-state index contributed by atoms with van der Waals surface area (Å²) < 4.78 is 10.6. The molecule has 3 rings (SSSR count). The molecule has 3 aromatic rings. The van der Waals surface area contributed by atoms with Crippen LogP contribution in [-0.4, -0.2) is 26.8 Å². The molecule has 0 aliphatic rings. The molecule has 0 spiro atoms. The molecule has 8 nitrogen and oxygen atoms in total. The standard InChI is InChI=1S/C19H17N3O5S/c1-12-3-8-16(13(2)9-12)28-11-18(23)26-10-17-20-21-19(27-17)14-4-6-15(7-5-14)22(24)25/h3-9H,10-11H2,1-2H3. The average Bonchev–Trinajstić information content (AvgIpc) is 3.15. The Balaban J connectivity index is 1.52. The molecular formula is C19H17N3O5S. The first-order valence-corrected chi connectivity index (χ1v) is 9.34. The highest BCUT2D eigenvalue weighted by molar-refractivity contribution is 8.00. The number of hydrogen-bond acceptors (Lipinski definition) is 8. The SMILES string of the molecule is Cc1ccc(SCC(=O)OCc2nnc(-c3ccc([N+](=O)[O-])cc3)o2)c(C)c1. The average molecular weight is 399 g/mol. The van der Waals surface area contributed by atoms with Crippen molar-refractivity contribution in [2.24, 2.45) is 0 Å². The highest BCUT2D eigenvalue weighted by Gasteiger charge is 2.13. The van der Waals surface area contributed by atoms with Crippen molar-refractivity contribution in [1.82, 2.24) is 10.2 Å². The lowest BCUT2D eigenvalue weighted by Crippen LogP contribution is -2.07. The Morgan fingerprint density at radius 1 is 1.18 bits per heavy atom. The Labute approximate surface area is 165 Å². The number of hydrogen-bond donors (Lipinski definition) is 0. The number of aryl methyl sites for hydroxylation is 2. The van der Waals surface area contributed by atoms with Crippen molar-refractivity contribution in [3.05, 3.63) is 69.6 Å². The fourth-order valence-electron chi connectivity index (χ4n) is 2.44. The number of ether oxygens (including phenoxy) is 1. The van der Waals surface area contributed by atoms with E-state index in [2.05, 4.69) is 16.3 Å². The van der Waals surface area contributed by atoms with Gasteiger partial charge in [-0.1, -0.05) is 17.7 Å². The molecule has 2 aromatic carbocycles. The summed E-state index contributed by atoms with van der Waals surface area (Å²) >= 11 is 1.41. The van der Waals surface area contributed by atoms with Crippen LogP contribution in [0, 0.1) is 24.0 Å². The smallest absolute Gasteiger partial charge is 0.316 e. The van der Waals surface area contributed by atoms with E-state index in [-0.39, 0.29) is 35.8 Å². The normalized spacial score (nSPS) is 10.6. The molecule has 144 valence electrons. The van der Waals surface area contributed by atoms with Gasteiger partial charge in [0.1, 0.15) is 0 Å². The van der Waals surface area contributed by atoms with Crippen LogP contribution in [0.3, 0.4) is 0 Å². The number of thioether (sulfide) groups is 1. The van der Waals surface area contributed by atoms with E-state index in [0.717, 1.165) is 10.5 Å². The third-order valence-electron chi connectivity index (χ3n) is 3.82. The number of rotatable bonds is 7. The highest BCUT2D eigenvalue weighted by Crippen LogP contribution is 2.24. The zero-order valence-corrected chi connectivity index (χ0v) is 16.1. The number of esters is 1. The van der Waals surface area contributed by atoms with Crippen LogP contribution in [0.5, 0.6) is 0 Å². The molecule has 9 heteroatoms. The Bertz CT molecular complexity index is 1000. The first-order valence-electron chi connectivity index (χ1n) is 8.35. The second-order valence-electron chi connectivity index (χ2n) is 6.02. The Morgan fingerprint density at radius 2 is 1.93 bits per heavy atom. The maximum atomic E-state index is 11.9. The molecule has 0 N–H and O–H groups in total. The quantitative estimate of drug-likeness (QED) is 0.253. The summed E-state index contributed by atoms with van der Waals surface area (Å²) in [6, 6.07) is 11.8. The maximum absolute atomic E-state index is 11.9. The molecule has 28 heavy (non-hydrogen) atoms. The Morgan fingerprint density at radius 3 is 2.61 bits per heavy atom. The van der Waals surface area contributed by atoms with Gasteiger partial charge in [0.25, 0.3) is 11.6 Å². The van der Waals surface area contributed by atoms with Crippen molar-refractivity contribution >= 4 is 23.4 Å². The molecular weight excluding hydrogens is 382 g/mol. The third kappa shape index (κ3) is 4.95. The number of nitro groups is 1. The molecule has 0 bridgehead atoms. The number of carbonyl (C=O) groups is 1. The Hall–Kier alpha value is -3.20. The van der Waals surface area contributed by atoms with E-state index >= 15 is 0 Å². The molecule has 0 unspecified atom stereocenters. The highest BCUT2D eigenvalue weighted by atomic mass is 32.2. The monoisotopic (exact) mass is 399 g/mol. The van der Waals surface area contributed by atoms with Gasteiger partial charge in [0, 0.05) is 22.6 Å². The first kappa shape index (κ1) is 19.6. The number of non-ortho nitro benzene ring substituents is 1. The fourth-order valence-corrected chi connectivity index (χ4v) is 3.24. The van der Waals surface area contributed by atoms with Gasteiger partial charge < -0.3 is 9.15 Å². The minimum atomic E-state index is -0.488. The number of benzene rings is 2. The van der Waals surface area contributed by atoms with Crippen LogP contribution in [0.15, 0.2) is 51.8 Å². The molecule has 0 aliphatic carbocycles. The van der Waals surface area contributed by atoms with Crippen molar-refractivity contribution in [2.45, 2.75) is 25.3 Å². The van der Waals surface area contributed by atoms with Gasteiger partial charge in [-0.25, -0.2) is 0 Å².